The number of aromatic nitrogens is 2. The highest BCUT2D eigenvalue weighted by Gasteiger charge is 2.11. The molecule has 1 aromatic heterocycles. The minimum atomic E-state index is 0.163. The predicted molar refractivity (Wildman–Crippen MR) is 80.2 cm³/mol. The zero-order valence-electron chi connectivity index (χ0n) is 10.7. The van der Waals surface area contributed by atoms with Crippen molar-refractivity contribution in [2.24, 2.45) is 12.9 Å². The molecule has 2 rings (SSSR count). The van der Waals surface area contributed by atoms with Gasteiger partial charge < -0.3 is 0 Å². The minimum Gasteiger partial charge on any atom is -0.276 e. The number of hydrazine groups is 1. The summed E-state index contributed by atoms with van der Waals surface area (Å²) < 4.78 is 1.80. The number of thioether (sulfide) groups is 1. The Morgan fingerprint density at radius 2 is 2.21 bits per heavy atom. The molecule has 2 aromatic rings. The zero-order chi connectivity index (χ0) is 13.7. The number of rotatable bonds is 6. The smallest absolute Gasteiger partial charge is 0.0640 e. The SMILES string of the molecule is Cn1ccc(CC(CSc2ccccc2Cl)NN)n1. The Morgan fingerprint density at radius 1 is 1.42 bits per heavy atom. The van der Waals surface area contributed by atoms with E-state index in [1.807, 2.05) is 43.6 Å². The largest absolute Gasteiger partial charge is 0.276 e. The molecule has 1 unspecified atom stereocenters. The predicted octanol–water partition coefficient (Wildman–Crippen LogP) is 2.24. The first kappa shape index (κ1) is 14.4. The average molecular weight is 297 g/mol. The number of nitrogens with zero attached hydrogens (tertiary/aromatic N) is 2. The number of halogens is 1. The fourth-order valence-electron chi connectivity index (χ4n) is 1.74. The summed E-state index contributed by atoms with van der Waals surface area (Å²) in [5, 5.41) is 5.14. The molecule has 0 amide bonds. The maximum Gasteiger partial charge on any atom is 0.0640 e. The number of benzene rings is 1. The maximum absolute atomic E-state index is 6.13. The van der Waals surface area contributed by atoms with E-state index < -0.39 is 0 Å². The topological polar surface area (TPSA) is 55.9 Å². The summed E-state index contributed by atoms with van der Waals surface area (Å²) >= 11 is 7.82. The lowest BCUT2D eigenvalue weighted by Crippen LogP contribution is -2.38. The molecular formula is C13H17ClN4S. The van der Waals surface area contributed by atoms with Crippen LogP contribution >= 0.6 is 23.4 Å². The molecule has 0 aliphatic carbocycles. The van der Waals surface area contributed by atoms with E-state index >= 15 is 0 Å². The Hall–Kier alpha value is -1.01. The summed E-state index contributed by atoms with van der Waals surface area (Å²) in [5.41, 5.74) is 3.87. The first-order chi connectivity index (χ1) is 9.19. The quantitative estimate of drug-likeness (QED) is 0.488. The number of nitrogens with one attached hydrogen (secondary N) is 1. The van der Waals surface area contributed by atoms with Crippen molar-refractivity contribution in [2.75, 3.05) is 5.75 Å². The third-order valence-corrected chi connectivity index (χ3v) is 4.41. The molecule has 0 saturated heterocycles. The van der Waals surface area contributed by atoms with Crippen LogP contribution < -0.4 is 11.3 Å². The van der Waals surface area contributed by atoms with Gasteiger partial charge in [0.1, 0.15) is 0 Å². The van der Waals surface area contributed by atoms with Crippen LogP contribution in [0.3, 0.4) is 0 Å². The van der Waals surface area contributed by atoms with Crippen molar-refractivity contribution in [3.05, 3.63) is 47.2 Å². The molecule has 19 heavy (non-hydrogen) atoms. The van der Waals surface area contributed by atoms with E-state index in [1.165, 1.54) is 0 Å². The molecule has 0 bridgehead atoms. The summed E-state index contributed by atoms with van der Waals surface area (Å²) in [5.74, 6) is 6.44. The van der Waals surface area contributed by atoms with Gasteiger partial charge in [-0.2, -0.15) is 5.10 Å². The Labute approximate surface area is 122 Å². The van der Waals surface area contributed by atoms with Gasteiger partial charge in [0.25, 0.3) is 0 Å². The van der Waals surface area contributed by atoms with E-state index in [0.29, 0.717) is 0 Å². The van der Waals surface area contributed by atoms with Crippen LogP contribution in [0, 0.1) is 0 Å². The van der Waals surface area contributed by atoms with Crippen LogP contribution in [0.25, 0.3) is 0 Å². The van der Waals surface area contributed by atoms with Crippen molar-refractivity contribution in [1.82, 2.24) is 15.2 Å². The Morgan fingerprint density at radius 3 is 2.84 bits per heavy atom. The van der Waals surface area contributed by atoms with Crippen molar-refractivity contribution < 1.29 is 0 Å². The van der Waals surface area contributed by atoms with Crippen LogP contribution in [-0.4, -0.2) is 21.6 Å². The van der Waals surface area contributed by atoms with Gasteiger partial charge in [0.2, 0.25) is 0 Å². The molecule has 4 nitrogen and oxygen atoms in total. The molecule has 0 fully saturated rings. The van der Waals surface area contributed by atoms with E-state index in [4.69, 9.17) is 17.4 Å². The normalized spacial score (nSPS) is 12.6. The van der Waals surface area contributed by atoms with Crippen molar-refractivity contribution in [1.29, 1.82) is 0 Å². The van der Waals surface area contributed by atoms with Crippen LogP contribution in [0.4, 0.5) is 0 Å². The molecule has 0 radical (unpaired) electrons. The van der Waals surface area contributed by atoms with Crippen LogP contribution in [-0.2, 0) is 13.5 Å². The molecule has 6 heteroatoms. The van der Waals surface area contributed by atoms with Crippen LogP contribution in [0.5, 0.6) is 0 Å². The number of hydrogen-bond acceptors (Lipinski definition) is 4. The summed E-state index contributed by atoms with van der Waals surface area (Å²) in [6.45, 7) is 0. The van der Waals surface area contributed by atoms with Gasteiger partial charge in [-0.25, -0.2) is 0 Å². The molecule has 1 atom stereocenters. The highest BCUT2D eigenvalue weighted by atomic mass is 35.5. The van der Waals surface area contributed by atoms with Gasteiger partial charge in [-0.15, -0.1) is 11.8 Å². The van der Waals surface area contributed by atoms with Crippen LogP contribution in [0.2, 0.25) is 5.02 Å². The highest BCUT2D eigenvalue weighted by molar-refractivity contribution is 7.99. The summed E-state index contributed by atoms with van der Waals surface area (Å²) in [6, 6.07) is 9.99. The first-order valence-electron chi connectivity index (χ1n) is 6.01. The second-order valence-corrected chi connectivity index (χ2v) is 5.76. The summed E-state index contributed by atoms with van der Waals surface area (Å²) in [7, 11) is 1.91. The molecule has 0 spiro atoms. The molecule has 3 N–H and O–H groups in total. The molecular weight excluding hydrogens is 280 g/mol. The highest BCUT2D eigenvalue weighted by Crippen LogP contribution is 2.27. The van der Waals surface area contributed by atoms with Crippen LogP contribution in [0.1, 0.15) is 5.69 Å². The Kier molecular flexibility index (Phi) is 5.27. The van der Waals surface area contributed by atoms with Crippen molar-refractivity contribution >= 4 is 23.4 Å². The van der Waals surface area contributed by atoms with Crippen molar-refractivity contribution in [2.45, 2.75) is 17.4 Å². The fourth-order valence-corrected chi connectivity index (χ4v) is 3.02. The fraction of sp³-hybridized carbons (Fsp3) is 0.308. The molecule has 0 saturated carbocycles. The maximum atomic E-state index is 6.13. The lowest BCUT2D eigenvalue weighted by atomic mass is 10.2. The molecule has 0 aliphatic heterocycles. The van der Waals surface area contributed by atoms with Crippen molar-refractivity contribution in [3.63, 3.8) is 0 Å². The van der Waals surface area contributed by atoms with Gasteiger partial charge in [0.15, 0.2) is 0 Å². The number of hydrogen-bond donors (Lipinski definition) is 2. The number of nitrogens with two attached hydrogens (primary N) is 1. The number of aryl methyl sites for hydroxylation is 1. The third-order valence-electron chi connectivity index (χ3n) is 2.74. The van der Waals surface area contributed by atoms with Crippen LogP contribution in [0.15, 0.2) is 41.4 Å². The monoisotopic (exact) mass is 296 g/mol. The Bertz CT molecular complexity index is 529. The van der Waals surface area contributed by atoms with Gasteiger partial charge >= 0.3 is 0 Å². The second-order valence-electron chi connectivity index (χ2n) is 4.29. The van der Waals surface area contributed by atoms with Crippen molar-refractivity contribution in [3.8, 4) is 0 Å². The first-order valence-corrected chi connectivity index (χ1v) is 7.37. The lowest BCUT2D eigenvalue weighted by molar-refractivity contribution is 0.564. The Balaban J connectivity index is 1.91. The summed E-state index contributed by atoms with van der Waals surface area (Å²) in [4.78, 5) is 1.07. The van der Waals surface area contributed by atoms with Gasteiger partial charge in [0.05, 0.1) is 10.7 Å². The molecule has 1 aromatic carbocycles. The van der Waals surface area contributed by atoms with E-state index in [0.717, 1.165) is 27.8 Å². The van der Waals surface area contributed by atoms with Gasteiger partial charge in [-0.05, 0) is 18.2 Å². The van der Waals surface area contributed by atoms with E-state index in [1.54, 1.807) is 16.4 Å². The van der Waals surface area contributed by atoms with Gasteiger partial charge in [-0.1, -0.05) is 23.7 Å². The average Bonchev–Trinajstić information content (AvgIpc) is 2.81. The molecule has 102 valence electrons. The van der Waals surface area contributed by atoms with Gasteiger partial charge in [-0.3, -0.25) is 16.0 Å². The summed E-state index contributed by atoms with van der Waals surface area (Å²) in [6.07, 6.45) is 2.74. The van der Waals surface area contributed by atoms with E-state index in [9.17, 15) is 0 Å². The third kappa shape index (κ3) is 4.24. The standard InChI is InChI=1S/C13H17ClN4S/c1-18-7-6-10(17-18)8-11(16-15)9-19-13-5-3-2-4-12(13)14/h2-7,11,16H,8-9,15H2,1H3. The lowest BCUT2D eigenvalue weighted by Gasteiger charge is -2.14. The minimum absolute atomic E-state index is 0.163. The molecule has 0 aliphatic rings. The molecule has 1 heterocycles. The second kappa shape index (κ2) is 6.96. The van der Waals surface area contributed by atoms with E-state index in [-0.39, 0.29) is 6.04 Å². The van der Waals surface area contributed by atoms with E-state index in [2.05, 4.69) is 10.5 Å². The van der Waals surface area contributed by atoms with Gasteiger partial charge in [0, 0.05) is 36.4 Å². The zero-order valence-corrected chi connectivity index (χ0v) is 12.3.